The van der Waals surface area contributed by atoms with Crippen LogP contribution < -0.4 is 10.6 Å². The maximum atomic E-state index is 11.7. The molecule has 1 aromatic rings. The minimum atomic E-state index is -0.184. The van der Waals surface area contributed by atoms with Crippen LogP contribution in [0, 0.1) is 0 Å². The van der Waals surface area contributed by atoms with Gasteiger partial charge in [-0.1, -0.05) is 0 Å². The molecule has 0 fully saturated rings. The van der Waals surface area contributed by atoms with E-state index < -0.39 is 0 Å². The Balaban J connectivity index is 2.14. The Morgan fingerprint density at radius 1 is 1.53 bits per heavy atom. The van der Waals surface area contributed by atoms with Crippen molar-refractivity contribution in [2.24, 2.45) is 7.05 Å². The van der Waals surface area contributed by atoms with Gasteiger partial charge in [0.1, 0.15) is 0 Å². The van der Waals surface area contributed by atoms with E-state index in [1.54, 1.807) is 13.3 Å². The molecular formula is C13H24N4O2. The van der Waals surface area contributed by atoms with Crippen LogP contribution in [0.2, 0.25) is 0 Å². The molecule has 0 saturated carbocycles. The van der Waals surface area contributed by atoms with Gasteiger partial charge in [-0.3, -0.25) is 9.48 Å². The summed E-state index contributed by atoms with van der Waals surface area (Å²) < 4.78 is 6.77. The standard InChI is InChI=1S/C13H24N4O2/c1-11(13(18)15-7-4-10-19-3)14-8-5-12-6-9-16-17(12)2/h6,9,11,14H,4-5,7-8,10H2,1-3H3,(H,15,18). The van der Waals surface area contributed by atoms with Gasteiger partial charge in [-0.2, -0.15) is 5.10 Å². The van der Waals surface area contributed by atoms with Crippen molar-refractivity contribution in [2.45, 2.75) is 25.8 Å². The van der Waals surface area contributed by atoms with E-state index in [9.17, 15) is 4.79 Å². The molecule has 0 aromatic carbocycles. The van der Waals surface area contributed by atoms with Crippen LogP contribution in [0.15, 0.2) is 12.3 Å². The minimum absolute atomic E-state index is 0.0288. The maximum absolute atomic E-state index is 11.7. The Morgan fingerprint density at radius 2 is 2.32 bits per heavy atom. The summed E-state index contributed by atoms with van der Waals surface area (Å²) in [5.74, 6) is 0.0288. The van der Waals surface area contributed by atoms with Crippen molar-refractivity contribution in [2.75, 3.05) is 26.8 Å². The predicted molar refractivity (Wildman–Crippen MR) is 73.9 cm³/mol. The Kier molecular flexibility index (Phi) is 7.14. The largest absolute Gasteiger partial charge is 0.385 e. The summed E-state index contributed by atoms with van der Waals surface area (Å²) in [5, 5.41) is 10.2. The topological polar surface area (TPSA) is 68.2 Å². The monoisotopic (exact) mass is 268 g/mol. The van der Waals surface area contributed by atoms with E-state index in [2.05, 4.69) is 15.7 Å². The Hall–Kier alpha value is -1.40. The lowest BCUT2D eigenvalue weighted by Gasteiger charge is -2.14. The molecule has 0 aliphatic heterocycles. The van der Waals surface area contributed by atoms with Gasteiger partial charge in [-0.15, -0.1) is 0 Å². The molecule has 19 heavy (non-hydrogen) atoms. The number of nitrogens with zero attached hydrogens (tertiary/aromatic N) is 2. The van der Waals surface area contributed by atoms with Crippen LogP contribution in [0.1, 0.15) is 19.0 Å². The summed E-state index contributed by atoms with van der Waals surface area (Å²) in [6.07, 6.45) is 3.48. The van der Waals surface area contributed by atoms with Crippen LogP contribution in [0.3, 0.4) is 0 Å². The van der Waals surface area contributed by atoms with Gasteiger partial charge < -0.3 is 15.4 Å². The van der Waals surface area contributed by atoms with Crippen LogP contribution >= 0.6 is 0 Å². The second-order valence-corrected chi connectivity index (χ2v) is 4.51. The summed E-state index contributed by atoms with van der Waals surface area (Å²) in [6.45, 7) is 3.95. The molecule has 1 unspecified atom stereocenters. The Morgan fingerprint density at radius 3 is 2.95 bits per heavy atom. The zero-order valence-electron chi connectivity index (χ0n) is 12.0. The predicted octanol–water partition coefficient (Wildman–Crippen LogP) is 0.0934. The van der Waals surface area contributed by atoms with Crippen LogP contribution in [-0.2, 0) is 23.0 Å². The van der Waals surface area contributed by atoms with Gasteiger partial charge in [0.2, 0.25) is 5.91 Å². The van der Waals surface area contributed by atoms with Crippen LogP contribution in [0.5, 0.6) is 0 Å². The molecule has 6 heteroatoms. The second kappa shape index (κ2) is 8.66. The van der Waals surface area contributed by atoms with Gasteiger partial charge >= 0.3 is 0 Å². The second-order valence-electron chi connectivity index (χ2n) is 4.51. The number of nitrogens with one attached hydrogen (secondary N) is 2. The van der Waals surface area contributed by atoms with Crippen molar-refractivity contribution < 1.29 is 9.53 Å². The van der Waals surface area contributed by atoms with Crippen LogP contribution in [-0.4, -0.2) is 48.5 Å². The van der Waals surface area contributed by atoms with Crippen molar-refractivity contribution in [1.29, 1.82) is 0 Å². The maximum Gasteiger partial charge on any atom is 0.236 e. The molecule has 108 valence electrons. The third-order valence-electron chi connectivity index (χ3n) is 2.97. The van der Waals surface area contributed by atoms with Gasteiger partial charge in [-0.25, -0.2) is 0 Å². The smallest absolute Gasteiger partial charge is 0.236 e. The highest BCUT2D eigenvalue weighted by Crippen LogP contribution is 1.96. The number of ether oxygens (including phenoxy) is 1. The number of carbonyl (C=O) groups is 1. The first-order valence-corrected chi connectivity index (χ1v) is 6.62. The molecule has 0 spiro atoms. The van der Waals surface area contributed by atoms with Gasteiger partial charge in [-0.05, 0) is 19.4 Å². The number of aryl methyl sites for hydroxylation is 1. The zero-order chi connectivity index (χ0) is 14.1. The molecule has 2 N–H and O–H groups in total. The average molecular weight is 268 g/mol. The van der Waals surface area contributed by atoms with Crippen molar-refractivity contribution in [3.8, 4) is 0 Å². The summed E-state index contributed by atoms with van der Waals surface area (Å²) in [6, 6.07) is 1.80. The first-order valence-electron chi connectivity index (χ1n) is 6.62. The number of amides is 1. The van der Waals surface area contributed by atoms with E-state index in [-0.39, 0.29) is 11.9 Å². The first kappa shape index (κ1) is 15.7. The normalized spacial score (nSPS) is 12.4. The summed E-state index contributed by atoms with van der Waals surface area (Å²) >= 11 is 0. The quantitative estimate of drug-likeness (QED) is 0.623. The molecular weight excluding hydrogens is 244 g/mol. The Labute approximate surface area is 114 Å². The number of hydrogen-bond donors (Lipinski definition) is 2. The molecule has 0 aliphatic rings. The van der Waals surface area contributed by atoms with Crippen molar-refractivity contribution >= 4 is 5.91 Å². The van der Waals surface area contributed by atoms with Gasteiger partial charge in [0.05, 0.1) is 6.04 Å². The summed E-state index contributed by atoms with van der Waals surface area (Å²) in [4.78, 5) is 11.7. The zero-order valence-corrected chi connectivity index (χ0v) is 12.0. The molecule has 1 atom stereocenters. The lowest BCUT2D eigenvalue weighted by molar-refractivity contribution is -0.122. The van der Waals surface area contributed by atoms with Crippen molar-refractivity contribution in [3.63, 3.8) is 0 Å². The van der Waals surface area contributed by atoms with E-state index >= 15 is 0 Å². The summed E-state index contributed by atoms with van der Waals surface area (Å²) in [7, 11) is 3.58. The van der Waals surface area contributed by atoms with Crippen molar-refractivity contribution in [1.82, 2.24) is 20.4 Å². The van der Waals surface area contributed by atoms with E-state index in [0.29, 0.717) is 13.2 Å². The molecule has 0 saturated heterocycles. The highest BCUT2D eigenvalue weighted by atomic mass is 16.5. The Bertz CT molecular complexity index is 378. The number of aromatic nitrogens is 2. The lowest BCUT2D eigenvalue weighted by Crippen LogP contribution is -2.43. The minimum Gasteiger partial charge on any atom is -0.385 e. The van der Waals surface area contributed by atoms with Crippen LogP contribution in [0.25, 0.3) is 0 Å². The molecule has 0 aliphatic carbocycles. The lowest BCUT2D eigenvalue weighted by atomic mass is 10.2. The fraction of sp³-hybridized carbons (Fsp3) is 0.692. The SMILES string of the molecule is COCCCNC(=O)C(C)NCCc1ccnn1C. The number of methoxy groups -OCH3 is 1. The van der Waals surface area contributed by atoms with Gasteiger partial charge in [0, 0.05) is 52.2 Å². The highest BCUT2D eigenvalue weighted by Gasteiger charge is 2.11. The number of rotatable bonds is 9. The molecule has 0 bridgehead atoms. The third kappa shape index (κ3) is 5.85. The van der Waals surface area contributed by atoms with E-state index in [0.717, 1.165) is 25.1 Å². The molecule has 1 aromatic heterocycles. The van der Waals surface area contributed by atoms with Crippen molar-refractivity contribution in [3.05, 3.63) is 18.0 Å². The fourth-order valence-electron chi connectivity index (χ4n) is 1.74. The number of carbonyl (C=O) groups excluding carboxylic acids is 1. The van der Waals surface area contributed by atoms with E-state index in [1.807, 2.05) is 24.7 Å². The van der Waals surface area contributed by atoms with Gasteiger partial charge in [0.25, 0.3) is 0 Å². The summed E-state index contributed by atoms with van der Waals surface area (Å²) in [5.41, 5.74) is 1.15. The average Bonchev–Trinajstić information content (AvgIpc) is 2.80. The van der Waals surface area contributed by atoms with E-state index in [1.165, 1.54) is 0 Å². The fourth-order valence-corrected chi connectivity index (χ4v) is 1.74. The number of hydrogen-bond acceptors (Lipinski definition) is 4. The molecule has 1 amide bonds. The molecule has 0 radical (unpaired) electrons. The molecule has 1 rings (SSSR count). The van der Waals surface area contributed by atoms with E-state index in [4.69, 9.17) is 4.74 Å². The van der Waals surface area contributed by atoms with Gasteiger partial charge in [0.15, 0.2) is 0 Å². The molecule has 1 heterocycles. The molecule has 6 nitrogen and oxygen atoms in total. The highest BCUT2D eigenvalue weighted by molar-refractivity contribution is 5.81. The third-order valence-corrected chi connectivity index (χ3v) is 2.97. The van der Waals surface area contributed by atoms with Crippen LogP contribution in [0.4, 0.5) is 0 Å². The first-order chi connectivity index (χ1) is 9.15.